The van der Waals surface area contributed by atoms with E-state index in [4.69, 9.17) is 17.3 Å². The average Bonchev–Trinajstić information content (AvgIpc) is 2.70. The Morgan fingerprint density at radius 3 is 2.94 bits per heavy atom. The fraction of sp³-hybridized carbons (Fsp3) is 0. The number of aromatic nitrogens is 1. The minimum atomic E-state index is -0.336. The summed E-state index contributed by atoms with van der Waals surface area (Å²) in [5.41, 5.74) is 6.81. The summed E-state index contributed by atoms with van der Waals surface area (Å²) < 4.78 is 4.58. The van der Waals surface area contributed by atoms with Crippen LogP contribution in [0.1, 0.15) is 10.4 Å². The zero-order valence-electron chi connectivity index (χ0n) is 8.11. The first-order valence-electron chi connectivity index (χ1n) is 4.42. The van der Waals surface area contributed by atoms with Crippen molar-refractivity contribution in [3.8, 4) is 0 Å². The molecule has 16 heavy (non-hydrogen) atoms. The number of carbonyl (C=O) groups excluding carboxylic acids is 1. The highest BCUT2D eigenvalue weighted by Crippen LogP contribution is 2.19. The van der Waals surface area contributed by atoms with E-state index in [2.05, 4.69) is 15.0 Å². The first-order chi connectivity index (χ1) is 7.66. The van der Waals surface area contributed by atoms with Gasteiger partial charge in [-0.3, -0.25) is 4.79 Å². The van der Waals surface area contributed by atoms with Gasteiger partial charge in [0.2, 0.25) is 0 Å². The largest absolute Gasteiger partial charge is 0.398 e. The van der Waals surface area contributed by atoms with Gasteiger partial charge in [-0.2, -0.15) is 0 Å². The van der Waals surface area contributed by atoms with E-state index in [-0.39, 0.29) is 5.91 Å². The third kappa shape index (κ3) is 2.14. The van der Waals surface area contributed by atoms with E-state index < -0.39 is 0 Å². The molecular weight excluding hydrogens is 230 g/mol. The van der Waals surface area contributed by atoms with E-state index in [1.165, 1.54) is 18.5 Å². The number of nitrogens with one attached hydrogen (secondary N) is 1. The molecule has 0 aliphatic heterocycles. The van der Waals surface area contributed by atoms with Gasteiger partial charge in [0, 0.05) is 10.7 Å². The highest BCUT2D eigenvalue weighted by Gasteiger charge is 2.10. The summed E-state index contributed by atoms with van der Waals surface area (Å²) in [5.74, 6) is -0.336. The van der Waals surface area contributed by atoms with Gasteiger partial charge in [-0.05, 0) is 18.2 Å². The van der Waals surface area contributed by atoms with Gasteiger partial charge in [0.05, 0.1) is 11.8 Å². The van der Waals surface area contributed by atoms with Crippen molar-refractivity contribution >= 4 is 28.9 Å². The summed E-state index contributed by atoms with van der Waals surface area (Å²) in [6.07, 6.45) is 2.72. The second-order valence-corrected chi connectivity index (χ2v) is 3.54. The number of carbonyl (C=O) groups is 1. The molecule has 0 saturated carbocycles. The number of hydrogen-bond donors (Lipinski definition) is 2. The van der Waals surface area contributed by atoms with Gasteiger partial charge in [-0.1, -0.05) is 16.8 Å². The van der Waals surface area contributed by atoms with E-state index >= 15 is 0 Å². The van der Waals surface area contributed by atoms with Gasteiger partial charge >= 0.3 is 0 Å². The van der Waals surface area contributed by atoms with Crippen LogP contribution >= 0.6 is 11.6 Å². The molecule has 82 valence electrons. The van der Waals surface area contributed by atoms with Crippen molar-refractivity contribution in [3.63, 3.8) is 0 Å². The smallest absolute Gasteiger partial charge is 0.257 e. The van der Waals surface area contributed by atoms with Crippen LogP contribution < -0.4 is 11.1 Å². The number of nitrogen functional groups attached to an aromatic ring is 1. The lowest BCUT2D eigenvalue weighted by Crippen LogP contribution is -2.13. The number of halogens is 1. The summed E-state index contributed by atoms with van der Waals surface area (Å²) in [6.45, 7) is 0. The fourth-order valence-corrected chi connectivity index (χ4v) is 1.39. The van der Waals surface area contributed by atoms with Gasteiger partial charge in [-0.15, -0.1) is 0 Å². The maximum atomic E-state index is 11.7. The summed E-state index contributed by atoms with van der Waals surface area (Å²) in [6, 6.07) is 4.67. The molecule has 0 atom stereocenters. The van der Waals surface area contributed by atoms with Crippen LogP contribution in [-0.2, 0) is 0 Å². The Hall–Kier alpha value is -2.01. The second kappa shape index (κ2) is 4.24. The van der Waals surface area contributed by atoms with Gasteiger partial charge < -0.3 is 15.6 Å². The monoisotopic (exact) mass is 237 g/mol. The first-order valence-corrected chi connectivity index (χ1v) is 4.80. The van der Waals surface area contributed by atoms with Crippen molar-refractivity contribution in [2.24, 2.45) is 0 Å². The molecule has 0 saturated heterocycles. The molecule has 5 nitrogen and oxygen atoms in total. The molecule has 0 bridgehead atoms. The minimum Gasteiger partial charge on any atom is -0.398 e. The Morgan fingerprint density at radius 2 is 2.31 bits per heavy atom. The van der Waals surface area contributed by atoms with E-state index in [1.54, 1.807) is 12.1 Å². The number of anilines is 2. The Morgan fingerprint density at radius 1 is 1.50 bits per heavy atom. The lowest BCUT2D eigenvalue weighted by molar-refractivity contribution is 0.102. The summed E-state index contributed by atoms with van der Waals surface area (Å²) in [4.78, 5) is 11.7. The predicted molar refractivity (Wildman–Crippen MR) is 60.3 cm³/mol. The van der Waals surface area contributed by atoms with Crippen LogP contribution in [0.2, 0.25) is 5.02 Å². The first kappa shape index (κ1) is 10.5. The number of hydrogen-bond acceptors (Lipinski definition) is 4. The minimum absolute atomic E-state index is 0.321. The lowest BCUT2D eigenvalue weighted by atomic mass is 10.1. The SMILES string of the molecule is Nc1cc(Cl)ccc1C(=O)Nc1cnoc1. The molecule has 0 radical (unpaired) electrons. The number of nitrogens with two attached hydrogens (primary N) is 1. The maximum Gasteiger partial charge on any atom is 0.257 e. The molecule has 2 rings (SSSR count). The Bertz CT molecular complexity index is 511. The van der Waals surface area contributed by atoms with Crippen LogP contribution in [0, 0.1) is 0 Å². The molecule has 1 heterocycles. The molecule has 6 heteroatoms. The van der Waals surface area contributed by atoms with Crippen molar-refractivity contribution < 1.29 is 9.32 Å². The Labute approximate surface area is 96.2 Å². The summed E-state index contributed by atoms with van der Waals surface area (Å²) in [5, 5.41) is 6.53. The van der Waals surface area contributed by atoms with Gasteiger partial charge in [0.15, 0.2) is 0 Å². The van der Waals surface area contributed by atoms with Gasteiger partial charge in [0.1, 0.15) is 12.0 Å². The molecule has 1 amide bonds. The van der Waals surface area contributed by atoms with Gasteiger partial charge in [0.25, 0.3) is 5.91 Å². The van der Waals surface area contributed by atoms with Crippen LogP contribution in [-0.4, -0.2) is 11.1 Å². The molecular formula is C10H8ClN3O2. The second-order valence-electron chi connectivity index (χ2n) is 3.10. The van der Waals surface area contributed by atoms with Gasteiger partial charge in [-0.25, -0.2) is 0 Å². The highest BCUT2D eigenvalue weighted by atomic mass is 35.5. The van der Waals surface area contributed by atoms with E-state index in [9.17, 15) is 4.79 Å². The molecule has 0 aliphatic rings. The quantitative estimate of drug-likeness (QED) is 0.785. The third-order valence-electron chi connectivity index (χ3n) is 1.95. The Kier molecular flexibility index (Phi) is 2.78. The molecule has 0 fully saturated rings. The number of benzene rings is 1. The van der Waals surface area contributed by atoms with Crippen LogP contribution in [0.4, 0.5) is 11.4 Å². The van der Waals surface area contributed by atoms with Crippen LogP contribution in [0.25, 0.3) is 0 Å². The third-order valence-corrected chi connectivity index (χ3v) is 2.18. The number of rotatable bonds is 2. The normalized spacial score (nSPS) is 10.1. The molecule has 1 aromatic heterocycles. The van der Waals surface area contributed by atoms with Crippen molar-refractivity contribution in [2.45, 2.75) is 0 Å². The predicted octanol–water partition coefficient (Wildman–Crippen LogP) is 2.16. The zero-order valence-corrected chi connectivity index (χ0v) is 8.86. The van der Waals surface area contributed by atoms with E-state index in [1.807, 2.05) is 0 Å². The van der Waals surface area contributed by atoms with Crippen LogP contribution in [0.3, 0.4) is 0 Å². The molecule has 2 aromatic rings. The highest BCUT2D eigenvalue weighted by molar-refractivity contribution is 6.31. The lowest BCUT2D eigenvalue weighted by Gasteiger charge is -2.05. The maximum absolute atomic E-state index is 11.7. The van der Waals surface area contributed by atoms with Crippen LogP contribution in [0.15, 0.2) is 35.2 Å². The number of nitrogens with zero attached hydrogens (tertiary/aromatic N) is 1. The van der Waals surface area contributed by atoms with Crippen LogP contribution in [0.5, 0.6) is 0 Å². The topological polar surface area (TPSA) is 81.2 Å². The summed E-state index contributed by atoms with van der Waals surface area (Å²) >= 11 is 5.73. The molecule has 0 unspecified atom stereocenters. The van der Waals surface area contributed by atoms with E-state index in [0.29, 0.717) is 22.0 Å². The molecule has 3 N–H and O–H groups in total. The van der Waals surface area contributed by atoms with Crippen molar-refractivity contribution in [3.05, 3.63) is 41.2 Å². The van der Waals surface area contributed by atoms with E-state index in [0.717, 1.165) is 0 Å². The molecule has 0 spiro atoms. The fourth-order valence-electron chi connectivity index (χ4n) is 1.21. The zero-order chi connectivity index (χ0) is 11.5. The number of amides is 1. The Balaban J connectivity index is 2.21. The van der Waals surface area contributed by atoms with Crippen molar-refractivity contribution in [1.82, 2.24) is 5.16 Å². The van der Waals surface area contributed by atoms with Crippen molar-refractivity contribution in [1.29, 1.82) is 0 Å². The summed E-state index contributed by atoms with van der Waals surface area (Å²) in [7, 11) is 0. The van der Waals surface area contributed by atoms with Crippen molar-refractivity contribution in [2.75, 3.05) is 11.1 Å². The molecule has 1 aromatic carbocycles. The average molecular weight is 238 g/mol. The molecule has 0 aliphatic carbocycles. The standard InChI is InChI=1S/C10H8ClN3O2/c11-6-1-2-8(9(12)3-6)10(15)14-7-4-13-16-5-7/h1-5H,12H2,(H,14,15).